The maximum absolute atomic E-state index is 10.9. The average molecular weight is 227 g/mol. The molecule has 17 heavy (non-hydrogen) atoms. The van der Waals surface area contributed by atoms with Crippen LogP contribution in [0.2, 0.25) is 0 Å². The maximum Gasteiger partial charge on any atom is 0.185 e. The van der Waals surface area contributed by atoms with E-state index in [1.807, 2.05) is 38.3 Å². The number of imidazole rings is 1. The molecule has 2 aromatic rings. The lowest BCUT2D eigenvalue weighted by molar-refractivity contribution is 0.111. The molecular weight excluding hydrogens is 214 g/mol. The van der Waals surface area contributed by atoms with Crippen LogP contribution in [0.4, 0.5) is 5.69 Å². The Morgan fingerprint density at radius 1 is 1.47 bits per heavy atom. The molecule has 1 heterocycles. The van der Waals surface area contributed by atoms with E-state index in [1.165, 1.54) is 0 Å². The molecule has 0 spiro atoms. The lowest BCUT2D eigenvalue weighted by Gasteiger charge is -2.02. The summed E-state index contributed by atoms with van der Waals surface area (Å²) in [4.78, 5) is 19.2. The van der Waals surface area contributed by atoms with Gasteiger partial charge in [-0.1, -0.05) is 12.2 Å². The zero-order valence-electron chi connectivity index (χ0n) is 9.84. The number of fused-ring (bicyclic) bond motifs is 1. The second-order valence-electron chi connectivity index (χ2n) is 3.67. The van der Waals surface area contributed by atoms with E-state index >= 15 is 0 Å². The van der Waals surface area contributed by atoms with Crippen LogP contribution in [0.1, 0.15) is 23.1 Å². The van der Waals surface area contributed by atoms with E-state index in [0.29, 0.717) is 5.82 Å². The Morgan fingerprint density at radius 3 is 2.82 bits per heavy atom. The van der Waals surface area contributed by atoms with Crippen LogP contribution in [0.15, 0.2) is 23.2 Å². The molecule has 86 valence electrons. The summed E-state index contributed by atoms with van der Waals surface area (Å²) in [6.07, 6.45) is 4.59. The SMILES string of the molecule is C=Nc1ccc2c(nc(C=O)n2C)c1/C=C\C. The average Bonchev–Trinajstić information content (AvgIpc) is 2.67. The second kappa shape index (κ2) is 4.33. The van der Waals surface area contributed by atoms with Crippen molar-refractivity contribution in [2.75, 3.05) is 0 Å². The fourth-order valence-electron chi connectivity index (χ4n) is 1.86. The minimum Gasteiger partial charge on any atom is -0.325 e. The molecule has 1 aromatic heterocycles. The highest BCUT2D eigenvalue weighted by atomic mass is 16.1. The zero-order chi connectivity index (χ0) is 12.4. The van der Waals surface area contributed by atoms with Gasteiger partial charge in [-0.2, -0.15) is 0 Å². The maximum atomic E-state index is 10.9. The number of aliphatic imine (C=N–C) groups is 1. The summed E-state index contributed by atoms with van der Waals surface area (Å²) in [5.41, 5.74) is 3.35. The number of benzene rings is 1. The molecule has 0 radical (unpaired) electrons. The smallest absolute Gasteiger partial charge is 0.185 e. The van der Waals surface area contributed by atoms with Crippen molar-refractivity contribution in [3.8, 4) is 0 Å². The van der Waals surface area contributed by atoms with Crippen LogP contribution in [0.3, 0.4) is 0 Å². The monoisotopic (exact) mass is 227 g/mol. The van der Waals surface area contributed by atoms with Gasteiger partial charge in [-0.3, -0.25) is 9.79 Å². The van der Waals surface area contributed by atoms with E-state index in [-0.39, 0.29) is 0 Å². The van der Waals surface area contributed by atoms with E-state index in [1.54, 1.807) is 4.57 Å². The van der Waals surface area contributed by atoms with Crippen LogP contribution in [-0.4, -0.2) is 22.6 Å². The van der Waals surface area contributed by atoms with Gasteiger partial charge in [-0.25, -0.2) is 4.98 Å². The Balaban J connectivity index is 2.89. The summed E-state index contributed by atoms with van der Waals surface area (Å²) < 4.78 is 1.77. The summed E-state index contributed by atoms with van der Waals surface area (Å²) in [6.45, 7) is 5.47. The van der Waals surface area contributed by atoms with Crippen LogP contribution >= 0.6 is 0 Å². The molecule has 0 N–H and O–H groups in total. The predicted octanol–water partition coefficient (Wildman–Crippen LogP) is 2.75. The predicted molar refractivity (Wildman–Crippen MR) is 70.0 cm³/mol. The summed E-state index contributed by atoms with van der Waals surface area (Å²) in [5, 5.41) is 0. The Kier molecular flexibility index (Phi) is 2.87. The molecule has 0 unspecified atom stereocenters. The highest BCUT2D eigenvalue weighted by Crippen LogP contribution is 2.28. The Morgan fingerprint density at radius 2 is 2.24 bits per heavy atom. The number of nitrogens with zero attached hydrogens (tertiary/aromatic N) is 3. The Hall–Kier alpha value is -2.23. The van der Waals surface area contributed by atoms with Crippen LogP contribution in [0.25, 0.3) is 17.1 Å². The van der Waals surface area contributed by atoms with E-state index in [9.17, 15) is 4.79 Å². The van der Waals surface area contributed by atoms with Gasteiger partial charge in [-0.05, 0) is 25.8 Å². The summed E-state index contributed by atoms with van der Waals surface area (Å²) in [5.74, 6) is 0.409. The fourth-order valence-corrected chi connectivity index (χ4v) is 1.86. The van der Waals surface area contributed by atoms with Crippen molar-refractivity contribution in [3.63, 3.8) is 0 Å². The van der Waals surface area contributed by atoms with Gasteiger partial charge in [0.15, 0.2) is 12.1 Å². The standard InChI is InChI=1S/C13H13N3O/c1-4-5-9-10(14-2)6-7-11-13(9)15-12(8-17)16(11)3/h4-8H,2H2,1,3H3/b5-4-. The minimum atomic E-state index is 0.409. The number of carbonyl (C=O) groups is 1. The third-order valence-electron chi connectivity index (χ3n) is 2.71. The van der Waals surface area contributed by atoms with Gasteiger partial charge >= 0.3 is 0 Å². The van der Waals surface area contributed by atoms with Crippen molar-refractivity contribution >= 4 is 35.8 Å². The van der Waals surface area contributed by atoms with Crippen molar-refractivity contribution in [3.05, 3.63) is 29.6 Å². The fraction of sp³-hybridized carbons (Fsp3) is 0.154. The van der Waals surface area contributed by atoms with Crippen LogP contribution in [0.5, 0.6) is 0 Å². The highest BCUT2D eigenvalue weighted by molar-refractivity contribution is 5.93. The van der Waals surface area contributed by atoms with E-state index < -0.39 is 0 Å². The summed E-state index contributed by atoms with van der Waals surface area (Å²) in [7, 11) is 1.82. The minimum absolute atomic E-state index is 0.409. The molecule has 0 aliphatic rings. The lowest BCUT2D eigenvalue weighted by atomic mass is 10.1. The van der Waals surface area contributed by atoms with Crippen molar-refractivity contribution in [1.29, 1.82) is 0 Å². The van der Waals surface area contributed by atoms with E-state index in [0.717, 1.165) is 28.6 Å². The molecule has 1 aromatic carbocycles. The molecule has 0 saturated heterocycles. The number of hydrogen-bond donors (Lipinski definition) is 0. The number of aryl methyl sites for hydroxylation is 1. The number of rotatable bonds is 3. The van der Waals surface area contributed by atoms with Crippen molar-refractivity contribution in [2.24, 2.45) is 12.0 Å². The van der Waals surface area contributed by atoms with Crippen LogP contribution in [-0.2, 0) is 7.05 Å². The van der Waals surface area contributed by atoms with Crippen molar-refractivity contribution in [2.45, 2.75) is 6.92 Å². The van der Waals surface area contributed by atoms with Crippen LogP contribution in [0, 0.1) is 0 Å². The topological polar surface area (TPSA) is 47.2 Å². The quantitative estimate of drug-likeness (QED) is 0.598. The third kappa shape index (κ3) is 1.67. The summed E-state index contributed by atoms with van der Waals surface area (Å²) >= 11 is 0. The molecule has 0 aliphatic carbocycles. The van der Waals surface area contributed by atoms with Gasteiger partial charge in [0.1, 0.15) is 0 Å². The first-order valence-corrected chi connectivity index (χ1v) is 5.27. The number of carbonyl (C=O) groups excluding carboxylic acids is 1. The molecule has 0 atom stereocenters. The number of hydrogen-bond acceptors (Lipinski definition) is 3. The molecule has 2 rings (SSSR count). The molecule has 0 fully saturated rings. The second-order valence-corrected chi connectivity index (χ2v) is 3.67. The van der Waals surface area contributed by atoms with Gasteiger partial charge in [0.05, 0.1) is 16.7 Å². The highest BCUT2D eigenvalue weighted by Gasteiger charge is 2.11. The molecule has 4 nitrogen and oxygen atoms in total. The number of allylic oxidation sites excluding steroid dienone is 1. The first-order chi connectivity index (χ1) is 8.22. The van der Waals surface area contributed by atoms with Gasteiger partial charge in [0.25, 0.3) is 0 Å². The molecule has 0 bridgehead atoms. The zero-order valence-corrected chi connectivity index (χ0v) is 9.84. The van der Waals surface area contributed by atoms with Crippen molar-refractivity contribution < 1.29 is 4.79 Å². The van der Waals surface area contributed by atoms with E-state index in [4.69, 9.17) is 0 Å². The molecular formula is C13H13N3O. The summed E-state index contributed by atoms with van der Waals surface area (Å²) in [6, 6.07) is 3.77. The normalized spacial score (nSPS) is 11.2. The molecule has 0 aliphatic heterocycles. The van der Waals surface area contributed by atoms with Gasteiger partial charge in [-0.15, -0.1) is 0 Å². The van der Waals surface area contributed by atoms with Gasteiger partial charge in [0.2, 0.25) is 0 Å². The third-order valence-corrected chi connectivity index (χ3v) is 2.71. The van der Waals surface area contributed by atoms with Crippen molar-refractivity contribution in [1.82, 2.24) is 9.55 Å². The Bertz CT molecular complexity index is 623. The molecule has 0 amide bonds. The first-order valence-electron chi connectivity index (χ1n) is 5.27. The van der Waals surface area contributed by atoms with Crippen LogP contribution < -0.4 is 0 Å². The molecule has 0 saturated carbocycles. The van der Waals surface area contributed by atoms with Gasteiger partial charge in [0, 0.05) is 12.6 Å². The lowest BCUT2D eigenvalue weighted by Crippen LogP contribution is -1.94. The first kappa shape index (κ1) is 11.3. The number of aromatic nitrogens is 2. The molecule has 4 heteroatoms. The Labute approximate surface area is 99.3 Å². The van der Waals surface area contributed by atoms with E-state index in [2.05, 4.69) is 16.7 Å². The number of aldehydes is 1. The van der Waals surface area contributed by atoms with Gasteiger partial charge < -0.3 is 4.57 Å². The largest absolute Gasteiger partial charge is 0.325 e.